The molecule has 0 fully saturated rings. The van der Waals surface area contributed by atoms with Crippen molar-refractivity contribution in [2.24, 2.45) is 0 Å². The van der Waals surface area contributed by atoms with Crippen molar-refractivity contribution < 1.29 is 4.39 Å². The third-order valence-electron chi connectivity index (χ3n) is 3.71. The van der Waals surface area contributed by atoms with E-state index in [0.29, 0.717) is 11.5 Å². The molecule has 1 unspecified atom stereocenters. The Labute approximate surface area is 145 Å². The third-order valence-corrected chi connectivity index (χ3v) is 4.43. The number of hydrogen-bond acceptors (Lipinski definition) is 4. The summed E-state index contributed by atoms with van der Waals surface area (Å²) in [6.07, 6.45) is 1.93. The molecule has 1 aromatic heterocycles. The fraction of sp³-hybridized carbons (Fsp3) is 0.0625. The van der Waals surface area contributed by atoms with Crippen molar-refractivity contribution in [3.63, 3.8) is 0 Å². The molecule has 23 heavy (non-hydrogen) atoms. The van der Waals surface area contributed by atoms with Gasteiger partial charge in [0, 0.05) is 14.8 Å². The molecule has 5 nitrogen and oxygen atoms in total. The fourth-order valence-electron chi connectivity index (χ4n) is 2.59. The Morgan fingerprint density at radius 2 is 1.87 bits per heavy atom. The Morgan fingerprint density at radius 1 is 1.09 bits per heavy atom. The van der Waals surface area contributed by atoms with Gasteiger partial charge in [-0.25, -0.2) is 4.39 Å². The van der Waals surface area contributed by atoms with Gasteiger partial charge in [-0.05, 0) is 62.9 Å². The van der Waals surface area contributed by atoms with E-state index in [1.54, 1.807) is 16.8 Å². The zero-order valence-electron chi connectivity index (χ0n) is 11.8. The molecule has 0 saturated heterocycles. The second-order valence-electron chi connectivity index (χ2n) is 5.13. The Balaban J connectivity index is 1.83. The predicted octanol–water partition coefficient (Wildman–Crippen LogP) is 3.47. The van der Waals surface area contributed by atoms with E-state index in [4.69, 9.17) is 0 Å². The van der Waals surface area contributed by atoms with Crippen molar-refractivity contribution in [3.05, 3.63) is 75.1 Å². The first-order chi connectivity index (χ1) is 11.2. The molecule has 1 aliphatic heterocycles. The van der Waals surface area contributed by atoms with E-state index in [-0.39, 0.29) is 5.82 Å². The van der Waals surface area contributed by atoms with Gasteiger partial charge in [0.1, 0.15) is 11.9 Å². The lowest BCUT2D eigenvalue weighted by molar-refractivity contribution is 0.540. The maximum absolute atomic E-state index is 14.2. The third kappa shape index (κ3) is 2.61. The van der Waals surface area contributed by atoms with Gasteiger partial charge >= 0.3 is 0 Å². The van der Waals surface area contributed by atoms with Crippen LogP contribution >= 0.6 is 22.6 Å². The lowest BCUT2D eigenvalue weighted by Gasteiger charge is -2.23. The number of hydrogen-bond donors (Lipinski definition) is 1. The molecule has 2 aromatic carbocycles. The highest BCUT2D eigenvalue weighted by Gasteiger charge is 2.26. The first-order valence-corrected chi connectivity index (χ1v) is 8.07. The summed E-state index contributed by atoms with van der Waals surface area (Å²) in [5, 5.41) is 14.8. The van der Waals surface area contributed by atoms with Crippen molar-refractivity contribution in [2.45, 2.75) is 6.04 Å². The van der Waals surface area contributed by atoms with Crippen LogP contribution in [0.15, 0.2) is 54.6 Å². The summed E-state index contributed by atoms with van der Waals surface area (Å²) in [7, 11) is 0. The minimum atomic E-state index is -0.392. The molecule has 1 N–H and O–H groups in total. The van der Waals surface area contributed by atoms with Crippen LogP contribution in [0.3, 0.4) is 0 Å². The van der Waals surface area contributed by atoms with Crippen LogP contribution in [-0.4, -0.2) is 20.2 Å². The summed E-state index contributed by atoms with van der Waals surface area (Å²) in [5.41, 5.74) is 2.39. The molecule has 0 saturated carbocycles. The Morgan fingerprint density at radius 3 is 2.65 bits per heavy atom. The smallest absolute Gasteiger partial charge is 0.248 e. The average Bonchev–Trinajstić information content (AvgIpc) is 3.04. The number of nitrogens with one attached hydrogen (secondary N) is 1. The van der Waals surface area contributed by atoms with Crippen LogP contribution < -0.4 is 5.32 Å². The number of halogens is 2. The number of allylic oxidation sites excluding steroid dienone is 1. The van der Waals surface area contributed by atoms with Gasteiger partial charge in [0.15, 0.2) is 0 Å². The van der Waals surface area contributed by atoms with Crippen LogP contribution in [-0.2, 0) is 0 Å². The van der Waals surface area contributed by atoms with Crippen molar-refractivity contribution in [2.75, 3.05) is 5.32 Å². The van der Waals surface area contributed by atoms with Gasteiger partial charge in [0.05, 0.1) is 0 Å². The predicted molar refractivity (Wildman–Crippen MR) is 93.1 cm³/mol. The first kappa shape index (κ1) is 14.3. The van der Waals surface area contributed by atoms with Crippen LogP contribution in [0.1, 0.15) is 17.2 Å². The van der Waals surface area contributed by atoms with Gasteiger partial charge < -0.3 is 5.32 Å². The van der Waals surface area contributed by atoms with Crippen molar-refractivity contribution in [1.82, 2.24) is 20.2 Å². The fourth-order valence-corrected chi connectivity index (χ4v) is 2.95. The molecule has 4 rings (SSSR count). The molecule has 0 aliphatic carbocycles. The summed E-state index contributed by atoms with van der Waals surface area (Å²) in [5.74, 6) is 0.216. The molecular formula is C16H11FIN5. The molecule has 0 radical (unpaired) electrons. The zero-order valence-corrected chi connectivity index (χ0v) is 14.0. The maximum atomic E-state index is 14.2. The molecule has 3 aromatic rings. The van der Waals surface area contributed by atoms with Crippen LogP contribution in [0.4, 0.5) is 10.3 Å². The van der Waals surface area contributed by atoms with Crippen LogP contribution in [0, 0.1) is 9.39 Å². The second-order valence-corrected chi connectivity index (χ2v) is 6.37. The van der Waals surface area contributed by atoms with E-state index in [2.05, 4.69) is 43.4 Å². The molecule has 2 heterocycles. The molecular weight excluding hydrogens is 408 g/mol. The lowest BCUT2D eigenvalue weighted by Crippen LogP contribution is -2.21. The molecule has 0 bridgehead atoms. The Hall–Kier alpha value is -2.29. The molecule has 1 aliphatic rings. The van der Waals surface area contributed by atoms with Gasteiger partial charge in [0.2, 0.25) is 5.95 Å². The van der Waals surface area contributed by atoms with E-state index < -0.39 is 6.04 Å². The van der Waals surface area contributed by atoms with E-state index in [0.717, 1.165) is 14.8 Å². The van der Waals surface area contributed by atoms with E-state index in [1.165, 1.54) is 6.07 Å². The van der Waals surface area contributed by atoms with Gasteiger partial charge in [-0.2, -0.15) is 4.68 Å². The maximum Gasteiger partial charge on any atom is 0.248 e. The largest absolute Gasteiger partial charge is 0.323 e. The molecule has 0 spiro atoms. The van der Waals surface area contributed by atoms with Gasteiger partial charge in [0.25, 0.3) is 0 Å². The summed E-state index contributed by atoms with van der Waals surface area (Å²) >= 11 is 2.26. The minimum Gasteiger partial charge on any atom is -0.323 e. The van der Waals surface area contributed by atoms with Gasteiger partial charge in [-0.1, -0.05) is 35.4 Å². The number of fused-ring (bicyclic) bond motifs is 1. The SMILES string of the molecule is Fc1ccccc1C1C=C(c2ccc(I)cc2)Nc2nnnn21. The van der Waals surface area contributed by atoms with E-state index >= 15 is 0 Å². The average molecular weight is 419 g/mol. The summed E-state index contributed by atoms with van der Waals surface area (Å²) in [6.45, 7) is 0. The minimum absolute atomic E-state index is 0.279. The highest BCUT2D eigenvalue weighted by Crippen LogP contribution is 2.32. The van der Waals surface area contributed by atoms with E-state index in [1.807, 2.05) is 36.4 Å². The number of anilines is 1. The number of rotatable bonds is 2. The summed E-state index contributed by atoms with van der Waals surface area (Å²) in [6, 6.07) is 14.3. The standard InChI is InChI=1S/C16H11FIN5/c17-13-4-2-1-3-12(13)15-9-14(10-5-7-11(18)8-6-10)19-16-20-21-22-23(15)16/h1-9,15H,(H,19,20,22). The molecule has 114 valence electrons. The van der Waals surface area contributed by atoms with Crippen LogP contribution in [0.2, 0.25) is 0 Å². The lowest BCUT2D eigenvalue weighted by atomic mass is 10.0. The van der Waals surface area contributed by atoms with Gasteiger partial charge in [-0.3, -0.25) is 0 Å². The quantitative estimate of drug-likeness (QED) is 0.647. The summed E-state index contributed by atoms with van der Waals surface area (Å²) in [4.78, 5) is 0. The first-order valence-electron chi connectivity index (χ1n) is 6.99. The van der Waals surface area contributed by atoms with Crippen LogP contribution in [0.25, 0.3) is 5.70 Å². The van der Waals surface area contributed by atoms with Crippen molar-refractivity contribution in [3.8, 4) is 0 Å². The highest BCUT2D eigenvalue weighted by molar-refractivity contribution is 14.1. The normalized spacial score (nSPS) is 16.4. The second kappa shape index (κ2) is 5.73. The molecule has 1 atom stereocenters. The summed E-state index contributed by atoms with van der Waals surface area (Å²) < 4.78 is 17.0. The number of nitrogens with zero attached hydrogens (tertiary/aromatic N) is 4. The zero-order chi connectivity index (χ0) is 15.8. The number of aromatic nitrogens is 4. The number of benzene rings is 2. The van der Waals surface area contributed by atoms with E-state index in [9.17, 15) is 4.39 Å². The van der Waals surface area contributed by atoms with Crippen molar-refractivity contribution >= 4 is 34.2 Å². The van der Waals surface area contributed by atoms with Gasteiger partial charge in [-0.15, -0.1) is 0 Å². The Kier molecular flexibility index (Phi) is 3.56. The van der Waals surface area contributed by atoms with Crippen LogP contribution in [0.5, 0.6) is 0 Å². The molecule has 0 amide bonds. The topological polar surface area (TPSA) is 55.6 Å². The highest BCUT2D eigenvalue weighted by atomic mass is 127. The van der Waals surface area contributed by atoms with Crippen molar-refractivity contribution in [1.29, 1.82) is 0 Å². The Bertz CT molecular complexity index is 887. The molecule has 7 heteroatoms. The number of tetrazole rings is 1. The monoisotopic (exact) mass is 419 g/mol.